The number of carboxylic acids is 1. The highest BCUT2D eigenvalue weighted by Gasteiger charge is 2.26. The molecule has 0 fully saturated rings. The molecule has 0 heterocycles. The fraction of sp³-hybridized carbons (Fsp3) is 0.462. The number of aromatic carboxylic acids is 1. The van der Waals surface area contributed by atoms with Gasteiger partial charge in [-0.25, -0.2) is 13.2 Å². The van der Waals surface area contributed by atoms with Crippen LogP contribution < -0.4 is 0 Å². The Balaban J connectivity index is 3.54. The number of rotatable bonds is 5. The normalized spacial score (nSPS) is 11.8. The van der Waals surface area contributed by atoms with Gasteiger partial charge in [0.15, 0.2) is 0 Å². The maximum absolute atomic E-state index is 12.4. The van der Waals surface area contributed by atoms with E-state index in [1.54, 1.807) is 20.8 Å². The summed E-state index contributed by atoms with van der Waals surface area (Å²) in [6, 6.07) is 3.01. The molecule has 0 aliphatic heterocycles. The van der Waals surface area contributed by atoms with Crippen molar-refractivity contribution in [3.63, 3.8) is 0 Å². The third-order valence-corrected chi connectivity index (χ3v) is 5.36. The van der Waals surface area contributed by atoms with E-state index in [-0.39, 0.29) is 10.5 Å². The number of sulfonamides is 1. The second kappa shape index (κ2) is 5.71. The molecule has 1 N–H and O–H groups in total. The summed E-state index contributed by atoms with van der Waals surface area (Å²) < 4.78 is 26.2. The van der Waals surface area contributed by atoms with Gasteiger partial charge >= 0.3 is 5.97 Å². The van der Waals surface area contributed by atoms with E-state index in [9.17, 15) is 18.3 Å². The van der Waals surface area contributed by atoms with Crippen molar-refractivity contribution in [1.29, 1.82) is 0 Å². The second-order valence-electron chi connectivity index (χ2n) is 4.28. The molecule has 106 valence electrons. The summed E-state index contributed by atoms with van der Waals surface area (Å²) >= 11 is 0. The molecule has 0 radical (unpaired) electrons. The van der Waals surface area contributed by atoms with E-state index >= 15 is 0 Å². The van der Waals surface area contributed by atoms with Crippen molar-refractivity contribution in [1.82, 2.24) is 4.31 Å². The number of carbonyl (C=O) groups is 1. The van der Waals surface area contributed by atoms with Crippen LogP contribution in [0.4, 0.5) is 0 Å². The molecule has 0 aliphatic rings. The Morgan fingerprint density at radius 3 is 2.16 bits per heavy atom. The van der Waals surface area contributed by atoms with Crippen LogP contribution in [0.5, 0.6) is 0 Å². The van der Waals surface area contributed by atoms with Crippen LogP contribution in [-0.2, 0) is 10.0 Å². The van der Waals surface area contributed by atoms with Crippen LogP contribution >= 0.6 is 0 Å². The molecule has 0 bridgehead atoms. The summed E-state index contributed by atoms with van der Waals surface area (Å²) in [4.78, 5) is 11.3. The minimum absolute atomic E-state index is 0.0632. The lowest BCUT2D eigenvalue weighted by molar-refractivity contribution is 0.0695. The first-order valence-electron chi connectivity index (χ1n) is 6.11. The molecule has 0 aliphatic carbocycles. The molecule has 0 aromatic heterocycles. The Bertz CT molecular complexity index is 589. The maximum Gasteiger partial charge on any atom is 0.336 e. The molecule has 1 aromatic rings. The number of carboxylic acid groups (broad SMARTS) is 1. The van der Waals surface area contributed by atoms with Crippen LogP contribution in [0.3, 0.4) is 0 Å². The highest BCUT2D eigenvalue weighted by molar-refractivity contribution is 7.89. The van der Waals surface area contributed by atoms with Gasteiger partial charge in [-0.3, -0.25) is 0 Å². The molecule has 0 saturated carbocycles. The number of hydrogen-bond acceptors (Lipinski definition) is 3. The van der Waals surface area contributed by atoms with Gasteiger partial charge in [0.2, 0.25) is 10.0 Å². The fourth-order valence-electron chi connectivity index (χ4n) is 2.14. The Morgan fingerprint density at radius 1 is 1.21 bits per heavy atom. The average molecular weight is 285 g/mol. The van der Waals surface area contributed by atoms with Crippen molar-refractivity contribution in [3.05, 3.63) is 28.8 Å². The standard InChI is InChI=1S/C13H19NO4S/c1-5-14(6-2)19(17,18)11-8-7-9(3)12(10(11)4)13(15)16/h7-8H,5-6H2,1-4H3,(H,15,16). The highest BCUT2D eigenvalue weighted by atomic mass is 32.2. The van der Waals surface area contributed by atoms with Crippen LogP contribution in [-0.4, -0.2) is 36.9 Å². The number of nitrogens with zero attached hydrogens (tertiary/aromatic N) is 1. The van der Waals surface area contributed by atoms with Crippen LogP contribution in [0.1, 0.15) is 35.3 Å². The van der Waals surface area contributed by atoms with E-state index in [1.165, 1.54) is 23.4 Å². The first-order valence-corrected chi connectivity index (χ1v) is 7.55. The van der Waals surface area contributed by atoms with E-state index < -0.39 is 16.0 Å². The molecule has 0 saturated heterocycles. The minimum atomic E-state index is -3.63. The molecule has 1 rings (SSSR count). The van der Waals surface area contributed by atoms with Gasteiger partial charge in [-0.15, -0.1) is 0 Å². The summed E-state index contributed by atoms with van der Waals surface area (Å²) in [6.07, 6.45) is 0. The molecule has 0 amide bonds. The number of aryl methyl sites for hydroxylation is 1. The molecule has 0 atom stereocenters. The van der Waals surface area contributed by atoms with Gasteiger partial charge in [-0.2, -0.15) is 4.31 Å². The van der Waals surface area contributed by atoms with Gasteiger partial charge < -0.3 is 5.11 Å². The zero-order valence-electron chi connectivity index (χ0n) is 11.6. The van der Waals surface area contributed by atoms with E-state index in [0.717, 1.165) is 0 Å². The van der Waals surface area contributed by atoms with Gasteiger partial charge in [0.25, 0.3) is 0 Å². The summed E-state index contributed by atoms with van der Waals surface area (Å²) in [5, 5.41) is 9.18. The highest BCUT2D eigenvalue weighted by Crippen LogP contribution is 2.25. The summed E-state index contributed by atoms with van der Waals surface area (Å²) in [6.45, 7) is 7.41. The van der Waals surface area contributed by atoms with Gasteiger partial charge in [-0.05, 0) is 31.0 Å². The van der Waals surface area contributed by atoms with E-state index in [1.807, 2.05) is 0 Å². The van der Waals surface area contributed by atoms with Crippen molar-refractivity contribution in [2.45, 2.75) is 32.6 Å². The van der Waals surface area contributed by atoms with Crippen LogP contribution in [0, 0.1) is 13.8 Å². The van der Waals surface area contributed by atoms with Gasteiger partial charge in [0.05, 0.1) is 10.5 Å². The zero-order valence-corrected chi connectivity index (χ0v) is 12.4. The molecular formula is C13H19NO4S. The first-order chi connectivity index (χ1) is 8.77. The lowest BCUT2D eigenvalue weighted by atomic mass is 10.0. The van der Waals surface area contributed by atoms with E-state index in [4.69, 9.17) is 0 Å². The van der Waals surface area contributed by atoms with Crippen LogP contribution in [0.15, 0.2) is 17.0 Å². The van der Waals surface area contributed by atoms with Crippen molar-refractivity contribution >= 4 is 16.0 Å². The van der Waals surface area contributed by atoms with Gasteiger partial charge in [-0.1, -0.05) is 19.9 Å². The predicted molar refractivity (Wildman–Crippen MR) is 73.0 cm³/mol. The lowest BCUT2D eigenvalue weighted by Crippen LogP contribution is -2.31. The molecule has 19 heavy (non-hydrogen) atoms. The molecule has 0 spiro atoms. The van der Waals surface area contributed by atoms with Crippen LogP contribution in [0.2, 0.25) is 0 Å². The lowest BCUT2D eigenvalue weighted by Gasteiger charge is -2.20. The molecule has 6 heteroatoms. The van der Waals surface area contributed by atoms with E-state index in [2.05, 4.69) is 0 Å². The second-order valence-corrected chi connectivity index (χ2v) is 6.18. The van der Waals surface area contributed by atoms with Crippen molar-refractivity contribution in [2.75, 3.05) is 13.1 Å². The van der Waals surface area contributed by atoms with Gasteiger partial charge in [0.1, 0.15) is 0 Å². The SMILES string of the molecule is CCN(CC)S(=O)(=O)c1ccc(C)c(C(=O)O)c1C. The molecule has 0 unspecified atom stereocenters. The monoisotopic (exact) mass is 285 g/mol. The largest absolute Gasteiger partial charge is 0.478 e. The molecule has 5 nitrogen and oxygen atoms in total. The van der Waals surface area contributed by atoms with Crippen molar-refractivity contribution in [3.8, 4) is 0 Å². The summed E-state index contributed by atoms with van der Waals surface area (Å²) in [5.41, 5.74) is 0.913. The number of benzene rings is 1. The minimum Gasteiger partial charge on any atom is -0.478 e. The number of hydrogen-bond donors (Lipinski definition) is 1. The Kier molecular flexibility index (Phi) is 4.70. The topological polar surface area (TPSA) is 74.7 Å². The molecule has 1 aromatic carbocycles. The van der Waals surface area contributed by atoms with Crippen LogP contribution in [0.25, 0.3) is 0 Å². The average Bonchev–Trinajstić information content (AvgIpc) is 2.29. The fourth-order valence-corrected chi connectivity index (χ4v) is 3.83. The molecular weight excluding hydrogens is 266 g/mol. The smallest absolute Gasteiger partial charge is 0.336 e. The maximum atomic E-state index is 12.4. The Labute approximate surface area is 113 Å². The van der Waals surface area contributed by atoms with Gasteiger partial charge in [0, 0.05) is 13.1 Å². The summed E-state index contributed by atoms with van der Waals surface area (Å²) in [5.74, 6) is -1.11. The third kappa shape index (κ3) is 2.79. The quantitative estimate of drug-likeness (QED) is 0.898. The first kappa shape index (κ1) is 15.7. The third-order valence-electron chi connectivity index (χ3n) is 3.16. The Hall–Kier alpha value is -1.40. The zero-order chi connectivity index (χ0) is 14.8. The van der Waals surface area contributed by atoms with Crippen molar-refractivity contribution < 1.29 is 18.3 Å². The Morgan fingerprint density at radius 2 is 1.74 bits per heavy atom. The van der Waals surface area contributed by atoms with Crippen molar-refractivity contribution in [2.24, 2.45) is 0 Å². The van der Waals surface area contributed by atoms with E-state index in [0.29, 0.717) is 24.2 Å². The predicted octanol–water partition coefficient (Wildman–Crippen LogP) is 2.03. The summed E-state index contributed by atoms with van der Waals surface area (Å²) in [7, 11) is -3.63.